The summed E-state index contributed by atoms with van der Waals surface area (Å²) in [6.45, 7) is 0. The fraction of sp³-hybridized carbons (Fsp3) is 0. The van der Waals surface area contributed by atoms with E-state index in [0.717, 1.165) is 12.6 Å². The zero-order valence-electron chi connectivity index (χ0n) is 9.60. The molecule has 0 unspecified atom stereocenters. The Kier molecular flexibility index (Phi) is 4.50. The van der Waals surface area contributed by atoms with E-state index in [1.807, 2.05) is 0 Å². The molecule has 3 nitrogen and oxygen atoms in total. The van der Waals surface area contributed by atoms with Crippen LogP contribution in [0, 0.1) is 0 Å². The molecule has 0 aliphatic rings. The van der Waals surface area contributed by atoms with Gasteiger partial charge in [0.1, 0.15) is 11.5 Å². The molecule has 0 bridgehead atoms. The number of benzene rings is 2. The molecule has 0 heterocycles. The summed E-state index contributed by atoms with van der Waals surface area (Å²) in [5.41, 5.74) is 1.12. The lowest BCUT2D eigenvalue weighted by atomic mass is 10.2. The van der Waals surface area contributed by atoms with Crippen LogP contribution >= 0.6 is 31.9 Å². The van der Waals surface area contributed by atoms with Crippen molar-refractivity contribution in [2.75, 3.05) is 0 Å². The van der Waals surface area contributed by atoms with Crippen molar-refractivity contribution in [2.24, 2.45) is 0 Å². The summed E-state index contributed by atoms with van der Waals surface area (Å²) in [5, 5.41) is 0. The molecule has 0 fully saturated rings. The van der Waals surface area contributed by atoms with Gasteiger partial charge in [0.25, 0.3) is 0 Å². The third-order valence-electron chi connectivity index (χ3n) is 2.43. The molecule has 0 spiro atoms. The first-order chi connectivity index (χ1) is 9.13. The highest BCUT2D eigenvalue weighted by atomic mass is 79.9. The van der Waals surface area contributed by atoms with Gasteiger partial charge in [0.2, 0.25) is 0 Å². The monoisotopic (exact) mass is 382 g/mol. The summed E-state index contributed by atoms with van der Waals surface area (Å²) in [7, 11) is 0. The Labute approximate surface area is 126 Å². The number of aldehydes is 2. The van der Waals surface area contributed by atoms with Crippen molar-refractivity contribution < 1.29 is 14.3 Å². The third-order valence-corrected chi connectivity index (χ3v) is 3.81. The minimum Gasteiger partial charge on any atom is -0.457 e. The number of hydrogen-bond donors (Lipinski definition) is 0. The minimum atomic E-state index is 0.560. The lowest BCUT2D eigenvalue weighted by Gasteiger charge is -2.08. The molecule has 0 amide bonds. The van der Waals surface area contributed by atoms with E-state index in [9.17, 15) is 9.59 Å². The van der Waals surface area contributed by atoms with E-state index >= 15 is 0 Å². The molecule has 5 heteroatoms. The third kappa shape index (κ3) is 3.30. The van der Waals surface area contributed by atoms with E-state index in [-0.39, 0.29) is 0 Å². The normalized spacial score (nSPS) is 10.0. The summed E-state index contributed by atoms with van der Waals surface area (Å²) in [4.78, 5) is 21.4. The molecule has 0 saturated heterocycles. The molecule has 0 N–H and O–H groups in total. The second-order valence-corrected chi connectivity index (χ2v) is 5.41. The minimum absolute atomic E-state index is 0.560. The molecule has 2 aromatic carbocycles. The van der Waals surface area contributed by atoms with E-state index in [4.69, 9.17) is 4.74 Å². The zero-order chi connectivity index (χ0) is 13.8. The molecule has 0 aliphatic carbocycles. The Morgan fingerprint density at radius 3 is 1.53 bits per heavy atom. The Morgan fingerprint density at radius 1 is 0.789 bits per heavy atom. The summed E-state index contributed by atoms with van der Waals surface area (Å²) >= 11 is 6.58. The number of halogens is 2. The first-order valence-electron chi connectivity index (χ1n) is 5.31. The van der Waals surface area contributed by atoms with Crippen LogP contribution in [0.2, 0.25) is 0 Å². The molecule has 0 aromatic heterocycles. The van der Waals surface area contributed by atoms with Crippen LogP contribution < -0.4 is 4.74 Å². The second kappa shape index (κ2) is 6.12. The van der Waals surface area contributed by atoms with Crippen molar-refractivity contribution in [3.63, 3.8) is 0 Å². The van der Waals surface area contributed by atoms with Crippen molar-refractivity contribution in [1.82, 2.24) is 0 Å². The number of carbonyl (C=O) groups is 2. The SMILES string of the molecule is O=Cc1ccc(Oc2ccc(C=O)c(Br)c2)cc1Br. The molecular weight excluding hydrogens is 376 g/mol. The number of ether oxygens (including phenoxy) is 1. The van der Waals surface area contributed by atoms with Crippen molar-refractivity contribution in [3.8, 4) is 11.5 Å². The predicted octanol–water partition coefficient (Wildman–Crippen LogP) is 4.63. The largest absolute Gasteiger partial charge is 0.457 e. The summed E-state index contributed by atoms with van der Waals surface area (Å²) < 4.78 is 6.99. The summed E-state index contributed by atoms with van der Waals surface area (Å²) in [5.74, 6) is 1.20. The molecule has 96 valence electrons. The first kappa shape index (κ1) is 14.0. The van der Waals surface area contributed by atoms with E-state index in [0.29, 0.717) is 31.6 Å². The standard InChI is InChI=1S/C14H8Br2O3/c15-13-5-11(3-1-9(13)7-17)19-12-4-2-10(8-18)14(16)6-12/h1-8H. The van der Waals surface area contributed by atoms with Gasteiger partial charge in [-0.05, 0) is 68.3 Å². The Morgan fingerprint density at radius 2 is 1.21 bits per heavy atom. The van der Waals surface area contributed by atoms with Crippen molar-refractivity contribution in [2.45, 2.75) is 0 Å². The average molecular weight is 384 g/mol. The zero-order valence-corrected chi connectivity index (χ0v) is 12.8. The van der Waals surface area contributed by atoms with Crippen LogP contribution in [-0.2, 0) is 0 Å². The molecule has 0 aliphatic heterocycles. The van der Waals surface area contributed by atoms with Gasteiger partial charge in [0, 0.05) is 20.1 Å². The van der Waals surface area contributed by atoms with Crippen LogP contribution in [0.15, 0.2) is 45.3 Å². The highest BCUT2D eigenvalue weighted by Gasteiger charge is 2.05. The lowest BCUT2D eigenvalue weighted by Crippen LogP contribution is -1.89. The van der Waals surface area contributed by atoms with Crippen molar-refractivity contribution in [3.05, 3.63) is 56.5 Å². The van der Waals surface area contributed by atoms with Crippen LogP contribution in [0.5, 0.6) is 11.5 Å². The van der Waals surface area contributed by atoms with Crippen molar-refractivity contribution in [1.29, 1.82) is 0 Å². The van der Waals surface area contributed by atoms with Gasteiger partial charge in [-0.15, -0.1) is 0 Å². The quantitative estimate of drug-likeness (QED) is 0.723. The van der Waals surface area contributed by atoms with Crippen LogP contribution in [0.1, 0.15) is 20.7 Å². The van der Waals surface area contributed by atoms with E-state index in [2.05, 4.69) is 31.9 Å². The number of hydrogen-bond acceptors (Lipinski definition) is 3. The van der Waals surface area contributed by atoms with Gasteiger partial charge in [-0.25, -0.2) is 0 Å². The number of rotatable bonds is 4. The number of carbonyl (C=O) groups excluding carboxylic acids is 2. The smallest absolute Gasteiger partial charge is 0.151 e. The first-order valence-corrected chi connectivity index (χ1v) is 6.90. The Bertz CT molecular complexity index is 583. The molecule has 2 aromatic rings. The molecule has 0 radical (unpaired) electrons. The molecule has 2 rings (SSSR count). The van der Waals surface area contributed by atoms with Gasteiger partial charge in [-0.2, -0.15) is 0 Å². The maximum Gasteiger partial charge on any atom is 0.151 e. The highest BCUT2D eigenvalue weighted by molar-refractivity contribution is 9.10. The molecule has 0 atom stereocenters. The van der Waals surface area contributed by atoms with E-state index < -0.39 is 0 Å². The van der Waals surface area contributed by atoms with Gasteiger partial charge in [-0.1, -0.05) is 0 Å². The van der Waals surface area contributed by atoms with Crippen LogP contribution in [0.25, 0.3) is 0 Å². The lowest BCUT2D eigenvalue weighted by molar-refractivity contribution is 0.111. The van der Waals surface area contributed by atoms with Gasteiger partial charge in [-0.3, -0.25) is 9.59 Å². The van der Waals surface area contributed by atoms with Gasteiger partial charge < -0.3 is 4.74 Å². The maximum absolute atomic E-state index is 10.7. The second-order valence-electron chi connectivity index (χ2n) is 3.70. The average Bonchev–Trinajstić information content (AvgIpc) is 2.39. The topological polar surface area (TPSA) is 43.4 Å². The fourth-order valence-electron chi connectivity index (χ4n) is 1.47. The van der Waals surface area contributed by atoms with Crippen LogP contribution in [-0.4, -0.2) is 12.6 Å². The summed E-state index contributed by atoms with van der Waals surface area (Å²) in [6, 6.07) is 10.2. The Hall–Kier alpha value is -1.46. The molecular formula is C14H8Br2O3. The Balaban J connectivity index is 2.26. The maximum atomic E-state index is 10.7. The summed E-state index contributed by atoms with van der Waals surface area (Å²) in [6.07, 6.45) is 1.53. The van der Waals surface area contributed by atoms with Crippen LogP contribution in [0.3, 0.4) is 0 Å². The van der Waals surface area contributed by atoms with Crippen molar-refractivity contribution >= 4 is 44.4 Å². The highest BCUT2D eigenvalue weighted by Crippen LogP contribution is 2.29. The van der Waals surface area contributed by atoms with Gasteiger partial charge in [0.05, 0.1) is 0 Å². The van der Waals surface area contributed by atoms with Gasteiger partial charge >= 0.3 is 0 Å². The van der Waals surface area contributed by atoms with Crippen LogP contribution in [0.4, 0.5) is 0 Å². The van der Waals surface area contributed by atoms with E-state index in [1.165, 1.54) is 0 Å². The molecule has 0 saturated carbocycles. The van der Waals surface area contributed by atoms with E-state index in [1.54, 1.807) is 36.4 Å². The predicted molar refractivity (Wildman–Crippen MR) is 79.1 cm³/mol. The van der Waals surface area contributed by atoms with Gasteiger partial charge in [0.15, 0.2) is 12.6 Å². The fourth-order valence-corrected chi connectivity index (χ4v) is 2.37. The molecule has 19 heavy (non-hydrogen) atoms.